The SMILES string of the molecule is Cc1cccc(NC(=O)C(=O)NCc2cccc(-n3cccn3)c2)c1. The Morgan fingerprint density at radius 3 is 2.64 bits per heavy atom. The molecule has 6 heteroatoms. The summed E-state index contributed by atoms with van der Waals surface area (Å²) < 4.78 is 1.73. The van der Waals surface area contributed by atoms with E-state index in [-0.39, 0.29) is 6.54 Å². The Labute approximate surface area is 145 Å². The first kappa shape index (κ1) is 16.4. The van der Waals surface area contributed by atoms with Crippen LogP contribution < -0.4 is 10.6 Å². The van der Waals surface area contributed by atoms with Gasteiger partial charge in [0.15, 0.2) is 0 Å². The number of nitrogens with zero attached hydrogens (tertiary/aromatic N) is 2. The van der Waals surface area contributed by atoms with E-state index in [1.807, 2.05) is 55.6 Å². The summed E-state index contributed by atoms with van der Waals surface area (Å²) in [6.07, 6.45) is 3.54. The molecule has 0 saturated carbocycles. The summed E-state index contributed by atoms with van der Waals surface area (Å²) >= 11 is 0. The monoisotopic (exact) mass is 334 g/mol. The van der Waals surface area contributed by atoms with E-state index in [0.717, 1.165) is 16.8 Å². The molecule has 0 fully saturated rings. The van der Waals surface area contributed by atoms with Crippen LogP contribution in [0.25, 0.3) is 5.69 Å². The molecule has 0 aliphatic rings. The lowest BCUT2D eigenvalue weighted by molar-refractivity contribution is -0.136. The molecule has 3 rings (SSSR count). The highest BCUT2D eigenvalue weighted by Crippen LogP contribution is 2.10. The summed E-state index contributed by atoms with van der Waals surface area (Å²) in [4.78, 5) is 23.9. The fraction of sp³-hybridized carbons (Fsp3) is 0.105. The van der Waals surface area contributed by atoms with Gasteiger partial charge in [-0.1, -0.05) is 24.3 Å². The minimum absolute atomic E-state index is 0.259. The molecule has 0 bridgehead atoms. The molecule has 3 aromatic rings. The molecule has 126 valence electrons. The molecule has 0 aliphatic carbocycles. The Balaban J connectivity index is 1.58. The van der Waals surface area contributed by atoms with Crippen LogP contribution in [0.2, 0.25) is 0 Å². The second-order valence-electron chi connectivity index (χ2n) is 5.63. The van der Waals surface area contributed by atoms with Gasteiger partial charge < -0.3 is 10.6 Å². The van der Waals surface area contributed by atoms with Crippen molar-refractivity contribution in [3.05, 3.63) is 78.1 Å². The molecule has 0 aliphatic heterocycles. The Bertz CT molecular complexity index is 888. The van der Waals surface area contributed by atoms with E-state index in [1.54, 1.807) is 23.0 Å². The highest BCUT2D eigenvalue weighted by molar-refractivity contribution is 6.39. The third kappa shape index (κ3) is 4.32. The van der Waals surface area contributed by atoms with Crippen LogP contribution >= 0.6 is 0 Å². The van der Waals surface area contributed by atoms with Gasteiger partial charge in [-0.3, -0.25) is 9.59 Å². The van der Waals surface area contributed by atoms with E-state index in [9.17, 15) is 9.59 Å². The van der Waals surface area contributed by atoms with E-state index in [4.69, 9.17) is 0 Å². The lowest BCUT2D eigenvalue weighted by Crippen LogP contribution is -2.35. The van der Waals surface area contributed by atoms with Crippen LogP contribution in [0.5, 0.6) is 0 Å². The molecule has 1 aromatic heterocycles. The third-order valence-electron chi connectivity index (χ3n) is 3.61. The number of nitrogens with one attached hydrogen (secondary N) is 2. The van der Waals surface area contributed by atoms with E-state index < -0.39 is 11.8 Å². The first-order valence-corrected chi connectivity index (χ1v) is 7.86. The van der Waals surface area contributed by atoms with Crippen molar-refractivity contribution in [1.82, 2.24) is 15.1 Å². The molecule has 25 heavy (non-hydrogen) atoms. The summed E-state index contributed by atoms with van der Waals surface area (Å²) in [7, 11) is 0. The van der Waals surface area contributed by atoms with Crippen molar-refractivity contribution >= 4 is 17.5 Å². The largest absolute Gasteiger partial charge is 0.344 e. The van der Waals surface area contributed by atoms with Crippen molar-refractivity contribution in [3.8, 4) is 5.69 Å². The van der Waals surface area contributed by atoms with E-state index in [2.05, 4.69) is 15.7 Å². The van der Waals surface area contributed by atoms with Crippen LogP contribution in [-0.4, -0.2) is 21.6 Å². The minimum Gasteiger partial charge on any atom is -0.344 e. The maximum Gasteiger partial charge on any atom is 0.313 e. The highest BCUT2D eigenvalue weighted by Gasteiger charge is 2.13. The highest BCUT2D eigenvalue weighted by atomic mass is 16.2. The van der Waals surface area contributed by atoms with E-state index in [0.29, 0.717) is 5.69 Å². The summed E-state index contributed by atoms with van der Waals surface area (Å²) in [6, 6.07) is 16.7. The maximum absolute atomic E-state index is 12.0. The topological polar surface area (TPSA) is 76.0 Å². The van der Waals surface area contributed by atoms with Crippen LogP contribution in [0.1, 0.15) is 11.1 Å². The first-order chi connectivity index (χ1) is 12.1. The molecular formula is C19H18N4O2. The van der Waals surface area contributed by atoms with Gasteiger partial charge >= 0.3 is 11.8 Å². The van der Waals surface area contributed by atoms with Crippen molar-refractivity contribution in [2.75, 3.05) is 5.32 Å². The molecule has 0 spiro atoms. The number of amides is 2. The van der Waals surface area contributed by atoms with Crippen molar-refractivity contribution in [2.45, 2.75) is 13.5 Å². The smallest absolute Gasteiger partial charge is 0.313 e. The Morgan fingerprint density at radius 2 is 1.88 bits per heavy atom. The molecule has 0 radical (unpaired) electrons. The number of carbonyl (C=O) groups excluding carboxylic acids is 2. The van der Waals surface area contributed by atoms with Gasteiger partial charge in [-0.25, -0.2) is 4.68 Å². The van der Waals surface area contributed by atoms with Crippen molar-refractivity contribution < 1.29 is 9.59 Å². The third-order valence-corrected chi connectivity index (χ3v) is 3.61. The van der Waals surface area contributed by atoms with Crippen LogP contribution in [0.3, 0.4) is 0 Å². The summed E-state index contributed by atoms with van der Waals surface area (Å²) in [6.45, 7) is 2.18. The average molecular weight is 334 g/mol. The zero-order chi connectivity index (χ0) is 17.6. The summed E-state index contributed by atoms with van der Waals surface area (Å²) in [5.74, 6) is -1.36. The molecule has 2 amide bonds. The van der Waals surface area contributed by atoms with E-state index in [1.165, 1.54) is 0 Å². The number of aryl methyl sites for hydroxylation is 1. The maximum atomic E-state index is 12.0. The van der Waals surface area contributed by atoms with Crippen molar-refractivity contribution in [1.29, 1.82) is 0 Å². The van der Waals surface area contributed by atoms with Crippen LogP contribution in [0.4, 0.5) is 5.69 Å². The van der Waals surface area contributed by atoms with Crippen LogP contribution in [0.15, 0.2) is 67.0 Å². The fourth-order valence-corrected chi connectivity index (χ4v) is 2.40. The molecule has 0 saturated heterocycles. The van der Waals surface area contributed by atoms with Gasteiger partial charge in [0.05, 0.1) is 5.69 Å². The molecule has 0 atom stereocenters. The second-order valence-corrected chi connectivity index (χ2v) is 5.63. The average Bonchev–Trinajstić information content (AvgIpc) is 3.14. The molecule has 0 unspecified atom stereocenters. The van der Waals surface area contributed by atoms with Crippen molar-refractivity contribution in [3.63, 3.8) is 0 Å². The predicted octanol–water partition coefficient (Wildman–Crippen LogP) is 2.44. The number of hydrogen-bond acceptors (Lipinski definition) is 3. The number of anilines is 1. The fourth-order valence-electron chi connectivity index (χ4n) is 2.40. The first-order valence-electron chi connectivity index (χ1n) is 7.86. The molecule has 2 aromatic carbocycles. The van der Waals surface area contributed by atoms with Crippen LogP contribution in [-0.2, 0) is 16.1 Å². The quantitative estimate of drug-likeness (QED) is 0.720. The van der Waals surface area contributed by atoms with Gasteiger partial charge in [0, 0.05) is 24.6 Å². The molecule has 6 nitrogen and oxygen atoms in total. The van der Waals surface area contributed by atoms with Gasteiger partial charge in [0.2, 0.25) is 0 Å². The van der Waals surface area contributed by atoms with Crippen LogP contribution in [0, 0.1) is 6.92 Å². The van der Waals surface area contributed by atoms with Gasteiger partial charge in [0.25, 0.3) is 0 Å². The molecular weight excluding hydrogens is 316 g/mol. The number of benzene rings is 2. The Hall–Kier alpha value is -3.41. The van der Waals surface area contributed by atoms with Gasteiger partial charge in [0.1, 0.15) is 0 Å². The molecule has 1 heterocycles. The zero-order valence-electron chi connectivity index (χ0n) is 13.8. The lowest BCUT2D eigenvalue weighted by atomic mass is 10.2. The predicted molar refractivity (Wildman–Crippen MR) is 95.2 cm³/mol. The Morgan fingerprint density at radius 1 is 1.04 bits per heavy atom. The zero-order valence-corrected chi connectivity index (χ0v) is 13.8. The summed E-state index contributed by atoms with van der Waals surface area (Å²) in [5, 5.41) is 9.38. The molecule has 2 N–H and O–H groups in total. The van der Waals surface area contributed by atoms with E-state index >= 15 is 0 Å². The Kier molecular flexibility index (Phi) is 4.89. The number of rotatable bonds is 4. The number of carbonyl (C=O) groups is 2. The summed E-state index contributed by atoms with van der Waals surface area (Å²) in [5.41, 5.74) is 3.38. The number of hydrogen-bond donors (Lipinski definition) is 2. The van der Waals surface area contributed by atoms with Gasteiger partial charge in [-0.15, -0.1) is 0 Å². The second kappa shape index (κ2) is 7.44. The normalized spacial score (nSPS) is 10.3. The minimum atomic E-state index is -0.686. The van der Waals surface area contributed by atoms with Gasteiger partial charge in [-0.05, 0) is 48.4 Å². The van der Waals surface area contributed by atoms with Crippen molar-refractivity contribution in [2.24, 2.45) is 0 Å². The van der Waals surface area contributed by atoms with Gasteiger partial charge in [-0.2, -0.15) is 5.10 Å². The number of aromatic nitrogens is 2. The standard InChI is InChI=1S/C19H18N4O2/c1-14-5-2-7-16(11-14)22-19(25)18(24)20-13-15-6-3-8-17(12-15)23-10-4-9-21-23/h2-12H,13H2,1H3,(H,20,24)(H,22,25). The lowest BCUT2D eigenvalue weighted by Gasteiger charge is -2.08.